The molecule has 1 N–H and O–H groups in total. The largest absolute Gasteiger partial charge is 0.478 e. The number of carboxylic acid groups (broad SMARTS) is 1. The number of carbonyl (C=O) groups excluding carboxylic acids is 2. The van der Waals surface area contributed by atoms with Crippen LogP contribution in [0.2, 0.25) is 0 Å². The van der Waals surface area contributed by atoms with Gasteiger partial charge in [0.15, 0.2) is 0 Å². The highest BCUT2D eigenvalue weighted by molar-refractivity contribution is 6.34. The van der Waals surface area contributed by atoms with Gasteiger partial charge in [-0.3, -0.25) is 9.59 Å². The molecule has 1 aliphatic heterocycles. The van der Waals surface area contributed by atoms with Crippen LogP contribution in [-0.2, 0) is 0 Å². The molecule has 156 valence electrons. The van der Waals surface area contributed by atoms with E-state index in [9.17, 15) is 14.4 Å². The standard InChI is InChI=1S/C25H21NO5/c1-14(2)19-10-4-15(3)12-22(19)31-18-8-6-17(7-9-18)26-23(27)20-11-5-16(25(29)30)13-21(20)24(26)28/h4-14H,1-3H3,(H,29,30). The molecule has 4 rings (SSSR count). The lowest BCUT2D eigenvalue weighted by Gasteiger charge is -2.16. The number of rotatable bonds is 5. The molecule has 0 saturated carbocycles. The third-order valence-corrected chi connectivity index (χ3v) is 5.25. The van der Waals surface area contributed by atoms with E-state index in [-0.39, 0.29) is 16.7 Å². The monoisotopic (exact) mass is 415 g/mol. The summed E-state index contributed by atoms with van der Waals surface area (Å²) >= 11 is 0. The number of nitrogens with zero attached hydrogens (tertiary/aromatic N) is 1. The lowest BCUT2D eigenvalue weighted by atomic mass is 10.0. The predicted octanol–water partition coefficient (Wildman–Crippen LogP) is 5.41. The molecule has 0 bridgehead atoms. The summed E-state index contributed by atoms with van der Waals surface area (Å²) < 4.78 is 6.07. The number of imide groups is 1. The first-order chi connectivity index (χ1) is 14.8. The third kappa shape index (κ3) is 3.68. The number of carboxylic acids is 1. The average molecular weight is 415 g/mol. The molecule has 0 atom stereocenters. The number of amides is 2. The zero-order valence-corrected chi connectivity index (χ0v) is 17.4. The Bertz CT molecular complexity index is 1210. The maximum Gasteiger partial charge on any atom is 0.335 e. The first-order valence-electron chi connectivity index (χ1n) is 9.91. The minimum atomic E-state index is -1.15. The number of hydrogen-bond acceptors (Lipinski definition) is 4. The topological polar surface area (TPSA) is 83.9 Å². The summed E-state index contributed by atoms with van der Waals surface area (Å²) in [6.45, 7) is 6.19. The summed E-state index contributed by atoms with van der Waals surface area (Å²) in [7, 11) is 0. The Morgan fingerprint density at radius 1 is 0.903 bits per heavy atom. The van der Waals surface area contributed by atoms with Gasteiger partial charge in [-0.25, -0.2) is 9.69 Å². The van der Waals surface area contributed by atoms with E-state index < -0.39 is 17.8 Å². The van der Waals surface area contributed by atoms with Crippen molar-refractivity contribution in [1.82, 2.24) is 0 Å². The number of benzene rings is 3. The SMILES string of the molecule is Cc1ccc(C(C)C)c(Oc2ccc(N3C(=O)c4ccc(C(=O)O)cc4C3=O)cc2)c1. The van der Waals surface area contributed by atoms with Gasteiger partial charge < -0.3 is 9.84 Å². The van der Waals surface area contributed by atoms with Crippen LogP contribution in [-0.4, -0.2) is 22.9 Å². The minimum Gasteiger partial charge on any atom is -0.478 e. The van der Waals surface area contributed by atoms with Crippen molar-refractivity contribution in [2.24, 2.45) is 0 Å². The highest BCUT2D eigenvalue weighted by atomic mass is 16.5. The molecule has 3 aromatic carbocycles. The zero-order valence-electron chi connectivity index (χ0n) is 17.4. The molecule has 2 amide bonds. The second-order valence-corrected chi connectivity index (χ2v) is 7.80. The van der Waals surface area contributed by atoms with Gasteiger partial charge >= 0.3 is 5.97 Å². The highest BCUT2D eigenvalue weighted by Gasteiger charge is 2.37. The van der Waals surface area contributed by atoms with Crippen molar-refractivity contribution in [1.29, 1.82) is 0 Å². The van der Waals surface area contributed by atoms with Gasteiger partial charge in [0.1, 0.15) is 11.5 Å². The van der Waals surface area contributed by atoms with Crippen LogP contribution in [0.3, 0.4) is 0 Å². The summed E-state index contributed by atoms with van der Waals surface area (Å²) in [6.07, 6.45) is 0. The Hall–Kier alpha value is -3.93. The smallest absolute Gasteiger partial charge is 0.335 e. The van der Waals surface area contributed by atoms with Crippen LogP contribution < -0.4 is 9.64 Å². The highest BCUT2D eigenvalue weighted by Crippen LogP contribution is 2.34. The first kappa shape index (κ1) is 20.3. The molecule has 0 aromatic heterocycles. The Labute approximate surface area is 179 Å². The maximum absolute atomic E-state index is 12.8. The van der Waals surface area contributed by atoms with Crippen LogP contribution in [0.1, 0.15) is 62.0 Å². The van der Waals surface area contributed by atoms with E-state index in [0.717, 1.165) is 21.8 Å². The maximum atomic E-state index is 12.8. The summed E-state index contributed by atoms with van der Waals surface area (Å²) in [4.78, 5) is 37.8. The number of aryl methyl sites for hydroxylation is 1. The third-order valence-electron chi connectivity index (χ3n) is 5.25. The van der Waals surface area contributed by atoms with Gasteiger partial charge in [-0.2, -0.15) is 0 Å². The predicted molar refractivity (Wildman–Crippen MR) is 116 cm³/mol. The molecule has 6 heteroatoms. The number of carbonyl (C=O) groups is 3. The number of ether oxygens (including phenoxy) is 1. The fourth-order valence-corrected chi connectivity index (χ4v) is 3.61. The molecular weight excluding hydrogens is 394 g/mol. The van der Waals surface area contributed by atoms with Crippen LogP contribution >= 0.6 is 0 Å². The molecule has 1 heterocycles. The molecule has 0 spiro atoms. The van der Waals surface area contributed by atoms with Crippen molar-refractivity contribution in [3.05, 3.63) is 88.5 Å². The molecular formula is C25H21NO5. The van der Waals surface area contributed by atoms with Crippen LogP contribution in [0.5, 0.6) is 11.5 Å². The molecule has 1 aliphatic rings. The summed E-state index contributed by atoms with van der Waals surface area (Å²) in [5, 5.41) is 9.15. The molecule has 0 aliphatic carbocycles. The fourth-order valence-electron chi connectivity index (χ4n) is 3.61. The van der Waals surface area contributed by atoms with E-state index >= 15 is 0 Å². The van der Waals surface area contributed by atoms with E-state index in [1.54, 1.807) is 24.3 Å². The van der Waals surface area contributed by atoms with Crippen molar-refractivity contribution in [2.45, 2.75) is 26.7 Å². The van der Waals surface area contributed by atoms with Crippen molar-refractivity contribution in [3.8, 4) is 11.5 Å². The molecule has 0 radical (unpaired) electrons. The first-order valence-corrected chi connectivity index (χ1v) is 9.91. The number of aromatic carboxylic acids is 1. The van der Waals surface area contributed by atoms with Gasteiger partial charge in [0, 0.05) is 0 Å². The molecule has 0 fully saturated rings. The second kappa shape index (κ2) is 7.72. The van der Waals surface area contributed by atoms with Crippen LogP contribution in [0.15, 0.2) is 60.7 Å². The van der Waals surface area contributed by atoms with Gasteiger partial charge in [0.2, 0.25) is 0 Å². The van der Waals surface area contributed by atoms with Gasteiger partial charge in [-0.05, 0) is 72.5 Å². The number of fused-ring (bicyclic) bond motifs is 1. The van der Waals surface area contributed by atoms with E-state index in [1.165, 1.54) is 18.2 Å². The number of anilines is 1. The van der Waals surface area contributed by atoms with Gasteiger partial charge in [-0.1, -0.05) is 26.0 Å². The normalized spacial score (nSPS) is 13.0. The van der Waals surface area contributed by atoms with Gasteiger partial charge in [0.25, 0.3) is 11.8 Å². The van der Waals surface area contributed by atoms with Crippen molar-refractivity contribution in [3.63, 3.8) is 0 Å². The van der Waals surface area contributed by atoms with Crippen molar-refractivity contribution < 1.29 is 24.2 Å². The summed E-state index contributed by atoms with van der Waals surface area (Å²) in [6, 6.07) is 16.7. The quantitative estimate of drug-likeness (QED) is 0.563. The second-order valence-electron chi connectivity index (χ2n) is 7.80. The van der Waals surface area contributed by atoms with Crippen LogP contribution in [0.25, 0.3) is 0 Å². The molecule has 3 aromatic rings. The van der Waals surface area contributed by atoms with E-state index in [4.69, 9.17) is 9.84 Å². The number of hydrogen-bond donors (Lipinski definition) is 1. The summed E-state index contributed by atoms with van der Waals surface area (Å²) in [5.41, 5.74) is 2.81. The Morgan fingerprint density at radius 3 is 2.23 bits per heavy atom. The molecule has 0 saturated heterocycles. The van der Waals surface area contributed by atoms with Crippen molar-refractivity contribution in [2.75, 3.05) is 4.90 Å². The van der Waals surface area contributed by atoms with Gasteiger partial charge in [-0.15, -0.1) is 0 Å². The van der Waals surface area contributed by atoms with Gasteiger partial charge in [0.05, 0.1) is 22.4 Å². The summed E-state index contributed by atoms with van der Waals surface area (Å²) in [5.74, 6) is -0.529. The fraction of sp³-hybridized carbons (Fsp3) is 0.160. The lowest BCUT2D eigenvalue weighted by molar-refractivity contribution is 0.0696. The Kier molecular flexibility index (Phi) is 5.07. The molecule has 0 unspecified atom stereocenters. The van der Waals surface area contributed by atoms with Crippen LogP contribution in [0, 0.1) is 6.92 Å². The Morgan fingerprint density at radius 2 is 1.58 bits per heavy atom. The van der Waals surface area contributed by atoms with Crippen LogP contribution in [0.4, 0.5) is 5.69 Å². The van der Waals surface area contributed by atoms with E-state index in [1.807, 2.05) is 25.1 Å². The molecule has 6 nitrogen and oxygen atoms in total. The zero-order chi connectivity index (χ0) is 22.3. The lowest BCUT2D eigenvalue weighted by Crippen LogP contribution is -2.29. The van der Waals surface area contributed by atoms with Crippen molar-refractivity contribution >= 4 is 23.5 Å². The molecule has 31 heavy (non-hydrogen) atoms. The Balaban J connectivity index is 1.61. The van der Waals surface area contributed by atoms with E-state index in [0.29, 0.717) is 17.4 Å². The minimum absolute atomic E-state index is 0.0374. The average Bonchev–Trinajstić information content (AvgIpc) is 2.98. The van der Waals surface area contributed by atoms with E-state index in [2.05, 4.69) is 13.8 Å².